The first-order chi connectivity index (χ1) is 9.38. The van der Waals surface area contributed by atoms with Gasteiger partial charge in [-0.15, -0.1) is 0 Å². The number of rotatable bonds is 4. The summed E-state index contributed by atoms with van der Waals surface area (Å²) in [4.78, 5) is 0. The van der Waals surface area contributed by atoms with E-state index in [2.05, 4.69) is 5.32 Å². The third-order valence-electron chi connectivity index (χ3n) is 2.76. The molecule has 2 rings (SSSR count). The molecule has 0 bridgehead atoms. The van der Waals surface area contributed by atoms with Crippen molar-refractivity contribution in [2.45, 2.75) is 12.3 Å². The Labute approximate surface area is 117 Å². The lowest BCUT2D eigenvalue weighted by atomic mass is 10.1. The van der Waals surface area contributed by atoms with E-state index in [9.17, 15) is 18.3 Å². The number of aliphatic hydroxyl groups excluding tert-OH is 1. The number of halogens is 3. The normalized spacial score (nSPS) is 13.2. The molecular formula is C13H13F3N2OS. The Balaban J connectivity index is 2.13. The van der Waals surface area contributed by atoms with Gasteiger partial charge in [0.15, 0.2) is 0 Å². The van der Waals surface area contributed by atoms with Crippen LogP contribution in [0, 0.1) is 0 Å². The number of aliphatic hydroxyl groups is 1. The molecule has 7 heteroatoms. The molecule has 0 aliphatic carbocycles. The lowest BCUT2D eigenvalue weighted by Gasteiger charge is -2.17. The zero-order chi connectivity index (χ0) is 14.8. The largest absolute Gasteiger partial charge is 0.418 e. The van der Waals surface area contributed by atoms with Crippen molar-refractivity contribution in [3.05, 3.63) is 46.2 Å². The molecule has 0 aliphatic heterocycles. The molecule has 0 saturated carbocycles. The molecule has 0 radical (unpaired) electrons. The van der Waals surface area contributed by atoms with Gasteiger partial charge in [0.1, 0.15) is 0 Å². The number of thiophene rings is 1. The van der Waals surface area contributed by atoms with Crippen molar-refractivity contribution in [1.29, 1.82) is 0 Å². The van der Waals surface area contributed by atoms with Gasteiger partial charge in [-0.3, -0.25) is 0 Å². The molecule has 1 aromatic heterocycles. The first-order valence-electron chi connectivity index (χ1n) is 5.78. The summed E-state index contributed by atoms with van der Waals surface area (Å²) in [6.07, 6.45) is -5.36. The van der Waals surface area contributed by atoms with Gasteiger partial charge in [0.2, 0.25) is 0 Å². The fraction of sp³-hybridized carbons (Fsp3) is 0.231. The van der Waals surface area contributed by atoms with E-state index >= 15 is 0 Å². The number of benzene rings is 1. The molecule has 20 heavy (non-hydrogen) atoms. The van der Waals surface area contributed by atoms with E-state index in [4.69, 9.17) is 5.73 Å². The lowest BCUT2D eigenvalue weighted by molar-refractivity contribution is -0.136. The maximum Gasteiger partial charge on any atom is 0.418 e. The second kappa shape index (κ2) is 5.72. The third-order valence-corrected chi connectivity index (χ3v) is 3.46. The summed E-state index contributed by atoms with van der Waals surface area (Å²) in [5.74, 6) is 0. The molecule has 0 fully saturated rings. The van der Waals surface area contributed by atoms with Gasteiger partial charge in [0.05, 0.1) is 11.7 Å². The van der Waals surface area contributed by atoms with Crippen LogP contribution in [0.3, 0.4) is 0 Å². The SMILES string of the molecule is Nc1ccc(NCC(O)c2ccsc2)c(C(F)(F)F)c1. The van der Waals surface area contributed by atoms with Gasteiger partial charge in [-0.2, -0.15) is 24.5 Å². The van der Waals surface area contributed by atoms with Gasteiger partial charge in [-0.1, -0.05) is 0 Å². The minimum atomic E-state index is -4.49. The molecule has 108 valence electrons. The third kappa shape index (κ3) is 3.43. The number of hydrogen-bond acceptors (Lipinski definition) is 4. The number of nitrogens with one attached hydrogen (secondary N) is 1. The van der Waals surface area contributed by atoms with Crippen molar-refractivity contribution < 1.29 is 18.3 Å². The topological polar surface area (TPSA) is 58.3 Å². The zero-order valence-corrected chi connectivity index (χ0v) is 11.1. The molecule has 0 spiro atoms. The predicted octanol–water partition coefficient (Wildman–Crippen LogP) is 3.49. The average Bonchev–Trinajstić information content (AvgIpc) is 2.89. The van der Waals surface area contributed by atoms with E-state index in [-0.39, 0.29) is 17.9 Å². The molecule has 0 saturated heterocycles. The van der Waals surface area contributed by atoms with Crippen LogP contribution in [0.1, 0.15) is 17.2 Å². The Hall–Kier alpha value is -1.73. The van der Waals surface area contributed by atoms with Crippen LogP contribution in [0.5, 0.6) is 0 Å². The summed E-state index contributed by atoms with van der Waals surface area (Å²) in [6, 6.07) is 5.25. The molecule has 0 amide bonds. The fourth-order valence-electron chi connectivity index (χ4n) is 1.74. The minimum Gasteiger partial charge on any atom is -0.399 e. The van der Waals surface area contributed by atoms with Crippen molar-refractivity contribution >= 4 is 22.7 Å². The first kappa shape index (κ1) is 14.7. The second-order valence-electron chi connectivity index (χ2n) is 4.26. The molecule has 1 aromatic carbocycles. The molecule has 4 N–H and O–H groups in total. The van der Waals surface area contributed by atoms with E-state index in [0.717, 1.165) is 6.07 Å². The highest BCUT2D eigenvalue weighted by Crippen LogP contribution is 2.36. The predicted molar refractivity (Wildman–Crippen MR) is 73.6 cm³/mol. The standard InChI is InChI=1S/C13H13F3N2OS/c14-13(15,16)10-5-9(17)1-2-11(10)18-6-12(19)8-3-4-20-7-8/h1-5,7,12,18-19H,6,17H2. The van der Waals surface area contributed by atoms with E-state index < -0.39 is 17.8 Å². The fourth-order valence-corrected chi connectivity index (χ4v) is 2.45. The molecule has 3 nitrogen and oxygen atoms in total. The number of hydrogen-bond donors (Lipinski definition) is 3. The van der Waals surface area contributed by atoms with E-state index in [1.54, 1.807) is 16.8 Å². The highest BCUT2D eigenvalue weighted by molar-refractivity contribution is 7.07. The van der Waals surface area contributed by atoms with E-state index in [1.807, 2.05) is 0 Å². The summed E-state index contributed by atoms with van der Waals surface area (Å²) >= 11 is 1.41. The van der Waals surface area contributed by atoms with Crippen LogP contribution in [0.4, 0.5) is 24.5 Å². The van der Waals surface area contributed by atoms with Crippen LogP contribution in [0.2, 0.25) is 0 Å². The van der Waals surface area contributed by atoms with Gasteiger partial charge in [-0.25, -0.2) is 0 Å². The zero-order valence-electron chi connectivity index (χ0n) is 10.3. The summed E-state index contributed by atoms with van der Waals surface area (Å²) in [5.41, 5.74) is 5.16. The van der Waals surface area contributed by atoms with Crippen LogP contribution >= 0.6 is 11.3 Å². The summed E-state index contributed by atoms with van der Waals surface area (Å²) in [7, 11) is 0. The van der Waals surface area contributed by atoms with Gasteiger partial charge in [-0.05, 0) is 40.6 Å². The number of alkyl halides is 3. The smallest absolute Gasteiger partial charge is 0.399 e. The number of nitrogen functional groups attached to an aromatic ring is 1. The van der Waals surface area contributed by atoms with Crippen LogP contribution in [0.25, 0.3) is 0 Å². The molecular weight excluding hydrogens is 289 g/mol. The second-order valence-corrected chi connectivity index (χ2v) is 5.04. The van der Waals surface area contributed by atoms with Crippen molar-refractivity contribution in [1.82, 2.24) is 0 Å². The maximum absolute atomic E-state index is 12.9. The molecule has 2 aromatic rings. The van der Waals surface area contributed by atoms with Crippen molar-refractivity contribution in [2.24, 2.45) is 0 Å². The van der Waals surface area contributed by atoms with Crippen LogP contribution in [-0.4, -0.2) is 11.7 Å². The van der Waals surface area contributed by atoms with Gasteiger partial charge in [0, 0.05) is 17.9 Å². The van der Waals surface area contributed by atoms with Crippen molar-refractivity contribution in [3.8, 4) is 0 Å². The molecule has 1 unspecified atom stereocenters. The highest BCUT2D eigenvalue weighted by Gasteiger charge is 2.33. The summed E-state index contributed by atoms with van der Waals surface area (Å²) in [6.45, 7) is -0.0102. The van der Waals surface area contributed by atoms with Gasteiger partial charge >= 0.3 is 6.18 Å². The van der Waals surface area contributed by atoms with E-state index in [1.165, 1.54) is 23.5 Å². The van der Waals surface area contributed by atoms with Crippen LogP contribution in [0.15, 0.2) is 35.0 Å². The van der Waals surface area contributed by atoms with Crippen molar-refractivity contribution in [2.75, 3.05) is 17.6 Å². The Morgan fingerprint density at radius 1 is 1.30 bits per heavy atom. The monoisotopic (exact) mass is 302 g/mol. The summed E-state index contributed by atoms with van der Waals surface area (Å²) < 4.78 is 38.6. The Morgan fingerprint density at radius 2 is 2.05 bits per heavy atom. The van der Waals surface area contributed by atoms with Crippen molar-refractivity contribution in [3.63, 3.8) is 0 Å². The van der Waals surface area contributed by atoms with Gasteiger partial charge < -0.3 is 16.2 Å². The molecule has 0 aliphatic rings. The first-order valence-corrected chi connectivity index (χ1v) is 6.73. The molecule has 1 heterocycles. The van der Waals surface area contributed by atoms with E-state index in [0.29, 0.717) is 5.56 Å². The molecule has 1 atom stereocenters. The maximum atomic E-state index is 12.9. The highest BCUT2D eigenvalue weighted by atomic mass is 32.1. The quantitative estimate of drug-likeness (QED) is 0.758. The Morgan fingerprint density at radius 3 is 2.65 bits per heavy atom. The Kier molecular flexibility index (Phi) is 4.20. The van der Waals surface area contributed by atoms with Crippen LogP contribution in [-0.2, 0) is 6.18 Å². The van der Waals surface area contributed by atoms with Gasteiger partial charge in [0.25, 0.3) is 0 Å². The lowest BCUT2D eigenvalue weighted by Crippen LogP contribution is -2.16. The number of anilines is 2. The summed E-state index contributed by atoms with van der Waals surface area (Å²) in [5, 5.41) is 16.0. The average molecular weight is 302 g/mol. The van der Waals surface area contributed by atoms with Crippen LogP contribution < -0.4 is 11.1 Å². The Bertz CT molecular complexity index is 569. The minimum absolute atomic E-state index is 0.0102. The number of nitrogens with two attached hydrogens (primary N) is 1.